The van der Waals surface area contributed by atoms with Gasteiger partial charge in [0.1, 0.15) is 6.54 Å². The Hall–Kier alpha value is -0.640. The van der Waals surface area contributed by atoms with Gasteiger partial charge in [-0.3, -0.25) is 0 Å². The third-order valence-corrected chi connectivity index (χ3v) is 10.6. The summed E-state index contributed by atoms with van der Waals surface area (Å²) in [6.45, 7) is 17.8. The van der Waals surface area contributed by atoms with Crippen molar-refractivity contribution in [3.8, 4) is 0 Å². The molecule has 0 aromatic rings. The summed E-state index contributed by atoms with van der Waals surface area (Å²) >= 11 is 0. The number of nitrogens with zero attached hydrogens (tertiary/aromatic N) is 1. The van der Waals surface area contributed by atoms with Crippen LogP contribution >= 0.6 is 0 Å². The predicted octanol–water partition coefficient (Wildman–Crippen LogP) is 14.3. The Balaban J connectivity index is 3.52. The predicted molar refractivity (Wildman–Crippen MR) is 216 cm³/mol. The summed E-state index contributed by atoms with van der Waals surface area (Å²) in [6, 6.07) is 0. The van der Waals surface area contributed by atoms with Crippen LogP contribution in [0.2, 0.25) is 0 Å². The van der Waals surface area contributed by atoms with Crippen LogP contribution in [0, 0.1) is 0 Å². The van der Waals surface area contributed by atoms with Gasteiger partial charge >= 0.3 is 0 Å². The summed E-state index contributed by atoms with van der Waals surface area (Å²) in [5.41, 5.74) is 0. The number of ether oxygens (including phenoxy) is 2. The van der Waals surface area contributed by atoms with E-state index in [1.807, 2.05) is 0 Å². The average Bonchev–Trinajstić information content (AvgIpc) is 3.11. The number of unbranched alkanes of at least 4 members (excludes halogenated alkanes) is 24. The molecule has 0 fully saturated rings. The molecule has 0 rings (SSSR count). The highest BCUT2D eigenvalue weighted by molar-refractivity contribution is 4.82. The summed E-state index contributed by atoms with van der Waals surface area (Å²) in [7, 11) is 0. The number of hydrogen-bond donors (Lipinski definition) is 0. The van der Waals surface area contributed by atoms with Crippen LogP contribution in [0.3, 0.4) is 0 Å². The molecule has 0 aromatic carbocycles. The number of likely N-dealkylation sites (N-methyl/N-ethyl adjacent to an activating group) is 1. The maximum absolute atomic E-state index is 6.10. The van der Waals surface area contributed by atoms with E-state index in [9.17, 15) is 0 Å². The molecule has 0 saturated carbocycles. The van der Waals surface area contributed by atoms with Gasteiger partial charge in [-0.25, -0.2) is 0 Å². The smallest absolute Gasteiger partial charge is 0.102 e. The molecule has 0 aliphatic heterocycles. The molecular formula is C45H90NO2+. The monoisotopic (exact) mass is 677 g/mol. The Morgan fingerprint density at radius 2 is 0.625 bits per heavy atom. The quantitative estimate of drug-likeness (QED) is 0.0364. The molecule has 0 saturated heterocycles. The average molecular weight is 677 g/mol. The summed E-state index contributed by atoms with van der Waals surface area (Å²) in [6.07, 6.45) is 48.9. The molecule has 0 unspecified atom stereocenters. The van der Waals surface area contributed by atoms with Crippen LogP contribution in [-0.2, 0) is 9.47 Å². The van der Waals surface area contributed by atoms with E-state index in [4.69, 9.17) is 9.47 Å². The molecule has 286 valence electrons. The second kappa shape index (κ2) is 40.8. The van der Waals surface area contributed by atoms with E-state index < -0.39 is 0 Å². The second-order valence-electron chi connectivity index (χ2n) is 14.9. The topological polar surface area (TPSA) is 18.5 Å². The van der Waals surface area contributed by atoms with E-state index in [0.717, 1.165) is 33.0 Å². The van der Waals surface area contributed by atoms with Crippen LogP contribution in [0.1, 0.15) is 214 Å². The molecule has 3 nitrogen and oxygen atoms in total. The van der Waals surface area contributed by atoms with E-state index >= 15 is 0 Å². The van der Waals surface area contributed by atoms with E-state index in [0.29, 0.717) is 0 Å². The Kier molecular flexibility index (Phi) is 40.2. The zero-order valence-corrected chi connectivity index (χ0v) is 33.7. The van der Waals surface area contributed by atoms with Crippen molar-refractivity contribution in [2.24, 2.45) is 0 Å². The lowest BCUT2D eigenvalue weighted by atomic mass is 10.1. The number of hydrogen-bond acceptors (Lipinski definition) is 2. The normalized spacial score (nSPS) is 12.3. The first-order chi connectivity index (χ1) is 23.7. The summed E-state index contributed by atoms with van der Waals surface area (Å²) in [5, 5.41) is 0. The van der Waals surface area contributed by atoms with Crippen LogP contribution in [0.15, 0.2) is 24.3 Å². The Labute approximate surface area is 304 Å². The first-order valence-corrected chi connectivity index (χ1v) is 22.0. The Morgan fingerprint density at radius 3 is 1.00 bits per heavy atom. The van der Waals surface area contributed by atoms with Gasteiger partial charge in [-0.1, -0.05) is 154 Å². The van der Waals surface area contributed by atoms with Crippen molar-refractivity contribution in [1.29, 1.82) is 0 Å². The fraction of sp³-hybridized carbons (Fsp3) is 0.911. The lowest BCUT2D eigenvalue weighted by Crippen LogP contribution is -2.50. The van der Waals surface area contributed by atoms with Crippen molar-refractivity contribution >= 4 is 0 Å². The molecule has 0 amide bonds. The van der Waals surface area contributed by atoms with Gasteiger partial charge in [0.05, 0.1) is 32.8 Å². The minimum absolute atomic E-state index is 0.906. The van der Waals surface area contributed by atoms with Crippen molar-refractivity contribution in [3.05, 3.63) is 24.3 Å². The lowest BCUT2D eigenvalue weighted by Gasteiger charge is -2.37. The molecule has 0 aliphatic carbocycles. The minimum Gasteiger partial charge on any atom is -0.381 e. The lowest BCUT2D eigenvalue weighted by molar-refractivity contribution is -0.925. The molecule has 0 radical (unpaired) electrons. The van der Waals surface area contributed by atoms with Crippen molar-refractivity contribution in [3.63, 3.8) is 0 Å². The van der Waals surface area contributed by atoms with Gasteiger partial charge in [-0.2, -0.15) is 0 Å². The summed E-state index contributed by atoms with van der Waals surface area (Å²) in [4.78, 5) is 0. The first kappa shape index (κ1) is 47.4. The second-order valence-corrected chi connectivity index (χ2v) is 14.9. The molecule has 0 N–H and O–H groups in total. The van der Waals surface area contributed by atoms with Crippen molar-refractivity contribution in [2.45, 2.75) is 214 Å². The largest absolute Gasteiger partial charge is 0.381 e. The molecule has 48 heavy (non-hydrogen) atoms. The molecule has 0 spiro atoms. The minimum atomic E-state index is 0.906. The van der Waals surface area contributed by atoms with E-state index in [1.54, 1.807) is 0 Å². The van der Waals surface area contributed by atoms with Gasteiger partial charge in [0.25, 0.3) is 0 Å². The number of allylic oxidation sites excluding steroid dienone is 4. The van der Waals surface area contributed by atoms with Crippen LogP contribution in [0.25, 0.3) is 0 Å². The van der Waals surface area contributed by atoms with Crippen LogP contribution in [0.5, 0.6) is 0 Å². The van der Waals surface area contributed by atoms with Crippen molar-refractivity contribution < 1.29 is 14.0 Å². The highest BCUT2D eigenvalue weighted by atomic mass is 16.5. The van der Waals surface area contributed by atoms with E-state index in [1.165, 1.54) is 210 Å². The van der Waals surface area contributed by atoms with Crippen LogP contribution in [0.4, 0.5) is 0 Å². The van der Waals surface area contributed by atoms with Gasteiger partial charge in [-0.05, 0) is 78.1 Å². The fourth-order valence-corrected chi connectivity index (χ4v) is 6.84. The van der Waals surface area contributed by atoms with Gasteiger partial charge in [0.15, 0.2) is 0 Å². The first-order valence-electron chi connectivity index (χ1n) is 22.0. The van der Waals surface area contributed by atoms with Crippen molar-refractivity contribution in [2.75, 3.05) is 52.6 Å². The Bertz CT molecular complexity index is 641. The fourth-order valence-electron chi connectivity index (χ4n) is 6.84. The summed E-state index contributed by atoms with van der Waals surface area (Å²) < 4.78 is 13.3. The standard InChI is InChI=1S/C45H90NO2/c1-5-9-11-13-15-17-19-21-23-25-27-29-31-33-35-37-42-47-44-39-40-46(7-3,8-4)41-45-48-43-38-36-34-32-30-28-26-24-22-20-18-16-14-12-10-6-2/h21-24H,5-20,25-45H2,1-4H3/q+1/b23-21-,24-22-. The SMILES string of the molecule is CCCCCCCC/C=C\CCCCCCCCOCCC[N+](CC)(CC)CCOCCCCCCCC/C=C\CCCCCCCC. The van der Waals surface area contributed by atoms with Gasteiger partial charge in [-0.15, -0.1) is 0 Å². The maximum Gasteiger partial charge on any atom is 0.102 e. The van der Waals surface area contributed by atoms with Gasteiger partial charge < -0.3 is 14.0 Å². The number of quaternary nitrogens is 1. The van der Waals surface area contributed by atoms with Gasteiger partial charge in [0.2, 0.25) is 0 Å². The molecular weight excluding hydrogens is 587 g/mol. The van der Waals surface area contributed by atoms with Gasteiger partial charge in [0, 0.05) is 19.6 Å². The number of rotatable bonds is 41. The zero-order chi connectivity index (χ0) is 34.9. The highest BCUT2D eigenvalue weighted by Crippen LogP contribution is 2.13. The maximum atomic E-state index is 6.10. The van der Waals surface area contributed by atoms with Crippen molar-refractivity contribution in [1.82, 2.24) is 0 Å². The highest BCUT2D eigenvalue weighted by Gasteiger charge is 2.22. The Morgan fingerprint density at radius 1 is 0.312 bits per heavy atom. The molecule has 0 atom stereocenters. The summed E-state index contributed by atoms with van der Waals surface area (Å²) in [5.74, 6) is 0. The van der Waals surface area contributed by atoms with E-state index in [-0.39, 0.29) is 0 Å². The van der Waals surface area contributed by atoms with Crippen LogP contribution < -0.4 is 0 Å². The van der Waals surface area contributed by atoms with Crippen LogP contribution in [-0.4, -0.2) is 57.1 Å². The molecule has 0 aliphatic rings. The van der Waals surface area contributed by atoms with E-state index in [2.05, 4.69) is 52.0 Å². The molecule has 0 aromatic heterocycles. The molecule has 3 heteroatoms. The molecule has 0 bridgehead atoms. The molecule has 0 heterocycles. The third kappa shape index (κ3) is 35.2. The third-order valence-electron chi connectivity index (χ3n) is 10.6. The zero-order valence-electron chi connectivity index (χ0n) is 33.7.